The largest absolute Gasteiger partial charge is 0.487 e. The summed E-state index contributed by atoms with van der Waals surface area (Å²) in [5.74, 6) is 3.00. The molecule has 4 saturated carbocycles. The molecule has 1 heterocycles. The Bertz CT molecular complexity index is 759. The predicted octanol–water partition coefficient (Wildman–Crippen LogP) is 4.13. The SMILES string of the molecule is CC1(C)CC(=O)c2cc(C(=O)NC34CC5CC(CC(C5)C3)C4)ccc2O1. The van der Waals surface area contributed by atoms with Gasteiger partial charge in [0.25, 0.3) is 5.91 Å². The number of nitrogens with one attached hydrogen (secondary N) is 1. The summed E-state index contributed by atoms with van der Waals surface area (Å²) < 4.78 is 5.91. The molecule has 0 saturated heterocycles. The summed E-state index contributed by atoms with van der Waals surface area (Å²) >= 11 is 0. The van der Waals surface area contributed by atoms with E-state index in [-0.39, 0.29) is 17.2 Å². The monoisotopic (exact) mass is 353 g/mol. The van der Waals surface area contributed by atoms with E-state index >= 15 is 0 Å². The van der Waals surface area contributed by atoms with Crippen molar-refractivity contribution in [3.05, 3.63) is 29.3 Å². The Morgan fingerprint density at radius 1 is 1.08 bits per heavy atom. The fourth-order valence-electron chi connectivity index (χ4n) is 6.37. The number of fused-ring (bicyclic) bond motifs is 1. The van der Waals surface area contributed by atoms with Crippen LogP contribution >= 0.6 is 0 Å². The molecule has 4 heteroatoms. The molecule has 1 N–H and O–H groups in total. The summed E-state index contributed by atoms with van der Waals surface area (Å²) in [6.45, 7) is 3.84. The Morgan fingerprint density at radius 3 is 2.31 bits per heavy atom. The van der Waals surface area contributed by atoms with Crippen molar-refractivity contribution in [1.82, 2.24) is 5.32 Å². The molecule has 4 aliphatic carbocycles. The van der Waals surface area contributed by atoms with Crippen molar-refractivity contribution < 1.29 is 14.3 Å². The average Bonchev–Trinajstić information content (AvgIpc) is 2.51. The molecule has 1 amide bonds. The smallest absolute Gasteiger partial charge is 0.251 e. The van der Waals surface area contributed by atoms with Crippen LogP contribution in [0.25, 0.3) is 0 Å². The Morgan fingerprint density at radius 2 is 1.69 bits per heavy atom. The zero-order chi connectivity index (χ0) is 18.1. The highest BCUT2D eigenvalue weighted by Gasteiger charge is 2.51. The van der Waals surface area contributed by atoms with Crippen LogP contribution in [0.1, 0.15) is 79.5 Å². The molecule has 138 valence electrons. The van der Waals surface area contributed by atoms with Crippen molar-refractivity contribution in [3.63, 3.8) is 0 Å². The predicted molar refractivity (Wildman–Crippen MR) is 98.5 cm³/mol. The lowest BCUT2D eigenvalue weighted by molar-refractivity contribution is -0.0167. The molecular formula is C22H27NO3. The lowest BCUT2D eigenvalue weighted by atomic mass is 9.53. The molecule has 1 aromatic carbocycles. The minimum atomic E-state index is -0.479. The number of carbonyl (C=O) groups excluding carboxylic acids is 2. The summed E-state index contributed by atoms with van der Waals surface area (Å²) in [5.41, 5.74) is 0.635. The second kappa shape index (κ2) is 5.34. The third kappa shape index (κ3) is 2.65. The van der Waals surface area contributed by atoms with Crippen molar-refractivity contribution in [3.8, 4) is 5.75 Å². The van der Waals surface area contributed by atoms with Crippen molar-refractivity contribution in [2.24, 2.45) is 17.8 Å². The third-order valence-corrected chi connectivity index (χ3v) is 6.93. The highest BCUT2D eigenvalue weighted by molar-refractivity contribution is 6.03. The van der Waals surface area contributed by atoms with Gasteiger partial charge >= 0.3 is 0 Å². The minimum Gasteiger partial charge on any atom is -0.487 e. The van der Waals surface area contributed by atoms with Crippen molar-refractivity contribution in [1.29, 1.82) is 0 Å². The quantitative estimate of drug-likeness (QED) is 0.870. The number of Topliss-reactive ketones (excluding diaryl/α,β-unsaturated/α-hetero) is 1. The lowest BCUT2D eigenvalue weighted by Gasteiger charge is -2.56. The minimum absolute atomic E-state index is 0.00969. The maximum atomic E-state index is 13.0. The highest BCUT2D eigenvalue weighted by Crippen LogP contribution is 2.55. The number of amides is 1. The molecule has 0 atom stereocenters. The number of hydrogen-bond acceptors (Lipinski definition) is 3. The second-order valence-electron chi connectivity index (χ2n) is 9.82. The van der Waals surface area contributed by atoms with Gasteiger partial charge in [-0.15, -0.1) is 0 Å². The summed E-state index contributed by atoms with van der Waals surface area (Å²) in [6, 6.07) is 5.30. The molecule has 6 rings (SSSR count). The third-order valence-electron chi connectivity index (χ3n) is 6.93. The lowest BCUT2D eigenvalue weighted by Crippen LogP contribution is -2.59. The number of carbonyl (C=O) groups is 2. The molecule has 0 unspecified atom stereocenters. The van der Waals surface area contributed by atoms with Crippen LogP contribution in [-0.2, 0) is 0 Å². The van der Waals surface area contributed by atoms with E-state index in [1.54, 1.807) is 18.2 Å². The van der Waals surface area contributed by atoms with E-state index in [9.17, 15) is 9.59 Å². The van der Waals surface area contributed by atoms with Crippen LogP contribution in [0.5, 0.6) is 5.75 Å². The Labute approximate surface area is 154 Å². The molecule has 1 aromatic rings. The van der Waals surface area contributed by atoms with Gasteiger partial charge in [-0.3, -0.25) is 9.59 Å². The fourth-order valence-corrected chi connectivity index (χ4v) is 6.37. The van der Waals surface area contributed by atoms with Crippen LogP contribution in [0.4, 0.5) is 0 Å². The van der Waals surface area contributed by atoms with Gasteiger partial charge in [0.1, 0.15) is 11.4 Å². The van der Waals surface area contributed by atoms with E-state index < -0.39 is 5.60 Å². The van der Waals surface area contributed by atoms with E-state index in [1.165, 1.54) is 19.3 Å². The summed E-state index contributed by atoms with van der Waals surface area (Å²) in [6.07, 6.45) is 7.81. The number of hydrogen-bond donors (Lipinski definition) is 1. The van der Waals surface area contributed by atoms with Gasteiger partial charge < -0.3 is 10.1 Å². The van der Waals surface area contributed by atoms with Crippen molar-refractivity contribution in [2.75, 3.05) is 0 Å². The zero-order valence-electron chi connectivity index (χ0n) is 15.6. The topological polar surface area (TPSA) is 55.4 Å². The fraction of sp³-hybridized carbons (Fsp3) is 0.636. The molecule has 0 spiro atoms. The van der Waals surface area contributed by atoms with Crippen molar-refractivity contribution >= 4 is 11.7 Å². The van der Waals surface area contributed by atoms with Crippen LogP contribution in [0.15, 0.2) is 18.2 Å². The normalized spacial score (nSPS) is 36.4. The maximum Gasteiger partial charge on any atom is 0.251 e. The molecule has 4 bridgehead atoms. The molecule has 4 nitrogen and oxygen atoms in total. The number of rotatable bonds is 2. The first-order valence-corrected chi connectivity index (χ1v) is 10.00. The van der Waals surface area contributed by atoms with Crippen LogP contribution < -0.4 is 10.1 Å². The first kappa shape index (κ1) is 16.3. The molecular weight excluding hydrogens is 326 g/mol. The van der Waals surface area contributed by atoms with Gasteiger partial charge in [0, 0.05) is 11.1 Å². The Kier molecular flexibility index (Phi) is 3.35. The van der Waals surface area contributed by atoms with Gasteiger partial charge in [-0.2, -0.15) is 0 Å². The summed E-state index contributed by atoms with van der Waals surface area (Å²) in [5, 5.41) is 3.39. The van der Waals surface area contributed by atoms with Crippen molar-refractivity contribution in [2.45, 2.75) is 69.9 Å². The van der Waals surface area contributed by atoms with E-state index in [2.05, 4.69) is 5.32 Å². The highest BCUT2D eigenvalue weighted by atomic mass is 16.5. The molecule has 5 aliphatic rings. The number of ketones is 1. The Balaban J connectivity index is 1.39. The van der Waals surface area contributed by atoms with E-state index in [0.717, 1.165) is 37.0 Å². The van der Waals surface area contributed by atoms with Gasteiger partial charge in [-0.05, 0) is 88.3 Å². The van der Waals surface area contributed by atoms with Crippen LogP contribution in [0, 0.1) is 17.8 Å². The van der Waals surface area contributed by atoms with Gasteiger partial charge in [0.2, 0.25) is 0 Å². The molecule has 0 aromatic heterocycles. The van der Waals surface area contributed by atoms with Crippen LogP contribution in [0.3, 0.4) is 0 Å². The zero-order valence-corrected chi connectivity index (χ0v) is 15.6. The van der Waals surface area contributed by atoms with Crippen LogP contribution in [0.2, 0.25) is 0 Å². The molecule has 0 radical (unpaired) electrons. The van der Waals surface area contributed by atoms with E-state index in [0.29, 0.717) is 23.3 Å². The molecule has 4 fully saturated rings. The van der Waals surface area contributed by atoms with Gasteiger partial charge in [0.05, 0.1) is 12.0 Å². The average molecular weight is 353 g/mol. The van der Waals surface area contributed by atoms with Crippen LogP contribution in [-0.4, -0.2) is 22.8 Å². The van der Waals surface area contributed by atoms with E-state index in [4.69, 9.17) is 4.74 Å². The van der Waals surface area contributed by atoms with E-state index in [1.807, 2.05) is 13.8 Å². The van der Waals surface area contributed by atoms with Gasteiger partial charge in [0.15, 0.2) is 5.78 Å². The molecule has 1 aliphatic heterocycles. The number of ether oxygens (including phenoxy) is 1. The molecule has 26 heavy (non-hydrogen) atoms. The standard InChI is InChI=1S/C22H27NO3/c1-21(2)12-18(24)17-8-16(3-4-19(17)26-21)20(25)23-22-9-13-5-14(10-22)7-15(6-13)11-22/h3-4,8,13-15H,5-7,9-12H2,1-2H3,(H,23,25). The summed E-state index contributed by atoms with van der Waals surface area (Å²) in [4.78, 5) is 25.5. The Hall–Kier alpha value is -1.84. The number of benzene rings is 1. The van der Waals surface area contributed by atoms with Gasteiger partial charge in [-0.1, -0.05) is 0 Å². The first-order chi connectivity index (χ1) is 12.3. The first-order valence-electron chi connectivity index (χ1n) is 10.00. The summed E-state index contributed by atoms with van der Waals surface area (Å²) in [7, 11) is 0. The van der Waals surface area contributed by atoms with Gasteiger partial charge in [-0.25, -0.2) is 0 Å². The maximum absolute atomic E-state index is 13.0. The second-order valence-corrected chi connectivity index (χ2v) is 9.82.